The molecule has 0 atom stereocenters. The Morgan fingerprint density at radius 2 is 1.73 bits per heavy atom. The summed E-state index contributed by atoms with van der Waals surface area (Å²) < 4.78 is 0. The Morgan fingerprint density at radius 1 is 1.05 bits per heavy atom. The van der Waals surface area contributed by atoms with Gasteiger partial charge in [-0.2, -0.15) is 0 Å². The summed E-state index contributed by atoms with van der Waals surface area (Å²) >= 11 is 0. The van der Waals surface area contributed by atoms with Gasteiger partial charge in [0.1, 0.15) is 5.56 Å². The number of hydrogen-bond donors (Lipinski definition) is 1. The van der Waals surface area contributed by atoms with Crippen molar-refractivity contribution < 1.29 is 14.6 Å². The fraction of sp³-hybridized carbons (Fsp3) is 0.0714. The number of para-hydroxylation sites is 1. The summed E-state index contributed by atoms with van der Waals surface area (Å²) in [5, 5.41) is 24.3. The molecular formula is C14H11N3O5. The molecule has 112 valence electrons. The van der Waals surface area contributed by atoms with E-state index in [1.54, 1.807) is 31.2 Å². The van der Waals surface area contributed by atoms with E-state index in [4.69, 9.17) is 0 Å². The van der Waals surface area contributed by atoms with Crippen LogP contribution in [0, 0.1) is 27.2 Å². The molecule has 1 N–H and O–H groups in total. The second-order valence-electron chi connectivity index (χ2n) is 4.48. The molecule has 0 bridgehead atoms. The number of hydrogen-bond acceptors (Lipinski definition) is 5. The molecule has 0 saturated carbocycles. The topological polar surface area (TPSA) is 115 Å². The number of anilines is 1. The molecule has 0 aliphatic carbocycles. The van der Waals surface area contributed by atoms with Crippen LogP contribution in [-0.2, 0) is 0 Å². The van der Waals surface area contributed by atoms with E-state index in [2.05, 4.69) is 5.32 Å². The minimum Gasteiger partial charge on any atom is -0.322 e. The molecule has 2 aromatic rings. The van der Waals surface area contributed by atoms with Crippen molar-refractivity contribution in [2.45, 2.75) is 6.92 Å². The zero-order valence-corrected chi connectivity index (χ0v) is 11.5. The van der Waals surface area contributed by atoms with Crippen molar-refractivity contribution in [1.29, 1.82) is 0 Å². The first-order valence-electron chi connectivity index (χ1n) is 6.20. The zero-order chi connectivity index (χ0) is 16.3. The number of carbonyl (C=O) groups excluding carboxylic acids is 1. The Morgan fingerprint density at radius 3 is 2.32 bits per heavy atom. The molecule has 8 nitrogen and oxygen atoms in total. The third-order valence-corrected chi connectivity index (χ3v) is 3.03. The van der Waals surface area contributed by atoms with Crippen LogP contribution in [0.15, 0.2) is 42.5 Å². The van der Waals surface area contributed by atoms with E-state index >= 15 is 0 Å². The molecule has 2 rings (SSSR count). The van der Waals surface area contributed by atoms with Crippen molar-refractivity contribution in [3.05, 3.63) is 73.8 Å². The second kappa shape index (κ2) is 6.00. The number of nitro groups is 2. The lowest BCUT2D eigenvalue weighted by molar-refractivity contribution is -0.394. The number of nitrogens with zero attached hydrogens (tertiary/aromatic N) is 2. The lowest BCUT2D eigenvalue weighted by Crippen LogP contribution is -2.14. The molecule has 0 heterocycles. The summed E-state index contributed by atoms with van der Waals surface area (Å²) in [7, 11) is 0. The van der Waals surface area contributed by atoms with Gasteiger partial charge in [-0.3, -0.25) is 25.0 Å². The molecule has 0 aromatic heterocycles. The van der Waals surface area contributed by atoms with E-state index in [1.165, 1.54) is 0 Å². The molecule has 0 fully saturated rings. The van der Waals surface area contributed by atoms with Gasteiger partial charge < -0.3 is 5.32 Å². The van der Waals surface area contributed by atoms with Crippen LogP contribution in [-0.4, -0.2) is 15.8 Å². The van der Waals surface area contributed by atoms with Crippen molar-refractivity contribution in [1.82, 2.24) is 0 Å². The number of nitro benzene ring substituents is 2. The van der Waals surface area contributed by atoms with Gasteiger partial charge in [0.15, 0.2) is 0 Å². The van der Waals surface area contributed by atoms with Crippen LogP contribution in [0.1, 0.15) is 15.9 Å². The predicted molar refractivity (Wildman–Crippen MR) is 78.9 cm³/mol. The Kier molecular flexibility index (Phi) is 4.12. The number of non-ortho nitro benzene ring substituents is 1. The Labute approximate surface area is 124 Å². The highest BCUT2D eigenvalue weighted by atomic mass is 16.6. The van der Waals surface area contributed by atoms with Gasteiger partial charge in [0.25, 0.3) is 17.3 Å². The first-order chi connectivity index (χ1) is 10.4. The average Bonchev–Trinajstić information content (AvgIpc) is 2.48. The van der Waals surface area contributed by atoms with Gasteiger partial charge in [-0.05, 0) is 24.6 Å². The Bertz CT molecular complexity index is 773. The van der Waals surface area contributed by atoms with E-state index in [9.17, 15) is 25.0 Å². The maximum Gasteiger partial charge on any atom is 0.289 e. The second-order valence-corrected chi connectivity index (χ2v) is 4.48. The Hall–Kier alpha value is -3.29. The normalized spacial score (nSPS) is 10.0. The zero-order valence-electron chi connectivity index (χ0n) is 11.5. The number of aryl methyl sites for hydroxylation is 1. The van der Waals surface area contributed by atoms with E-state index in [0.29, 0.717) is 5.69 Å². The van der Waals surface area contributed by atoms with E-state index in [-0.39, 0.29) is 5.56 Å². The molecule has 0 saturated heterocycles. The number of nitrogens with one attached hydrogen (secondary N) is 1. The van der Waals surface area contributed by atoms with Gasteiger partial charge in [-0.25, -0.2) is 0 Å². The van der Waals surface area contributed by atoms with Crippen LogP contribution in [0.5, 0.6) is 0 Å². The minimum absolute atomic E-state index is 0.237. The fourth-order valence-electron chi connectivity index (χ4n) is 1.88. The summed E-state index contributed by atoms with van der Waals surface area (Å²) in [6.45, 7) is 1.78. The van der Waals surface area contributed by atoms with Crippen LogP contribution < -0.4 is 5.32 Å². The van der Waals surface area contributed by atoms with Crippen LogP contribution in [0.25, 0.3) is 0 Å². The third-order valence-electron chi connectivity index (χ3n) is 3.03. The van der Waals surface area contributed by atoms with Gasteiger partial charge in [-0.1, -0.05) is 18.2 Å². The highest BCUT2D eigenvalue weighted by molar-refractivity contribution is 6.07. The lowest BCUT2D eigenvalue weighted by atomic mass is 10.1. The standard InChI is InChI=1S/C14H11N3O5/c1-9-4-2-3-5-12(9)15-14(18)11-7-6-10(16(19)20)8-13(11)17(21)22/h2-8H,1H3,(H,15,18). The predicted octanol–water partition coefficient (Wildman–Crippen LogP) is 3.06. The SMILES string of the molecule is Cc1ccccc1NC(=O)c1ccc([N+](=O)[O-])cc1[N+](=O)[O-]. The van der Waals surface area contributed by atoms with Gasteiger partial charge >= 0.3 is 0 Å². The van der Waals surface area contributed by atoms with Gasteiger partial charge in [0, 0.05) is 11.8 Å². The molecule has 8 heteroatoms. The maximum absolute atomic E-state index is 12.2. The molecular weight excluding hydrogens is 290 g/mol. The van der Waals surface area contributed by atoms with Crippen molar-refractivity contribution in [3.63, 3.8) is 0 Å². The van der Waals surface area contributed by atoms with Crippen LogP contribution in [0.4, 0.5) is 17.1 Å². The molecule has 0 spiro atoms. The van der Waals surface area contributed by atoms with E-state index in [0.717, 1.165) is 23.8 Å². The lowest BCUT2D eigenvalue weighted by Gasteiger charge is -2.08. The molecule has 0 aliphatic rings. The molecule has 1 amide bonds. The monoisotopic (exact) mass is 301 g/mol. The summed E-state index contributed by atoms with van der Waals surface area (Å²) in [6, 6.07) is 9.84. The first kappa shape index (κ1) is 15.1. The maximum atomic E-state index is 12.2. The molecule has 0 aliphatic heterocycles. The molecule has 0 radical (unpaired) electrons. The van der Waals surface area contributed by atoms with Gasteiger partial charge in [-0.15, -0.1) is 0 Å². The van der Waals surface area contributed by atoms with Crippen LogP contribution in [0.3, 0.4) is 0 Å². The molecule has 22 heavy (non-hydrogen) atoms. The molecule has 0 unspecified atom stereocenters. The van der Waals surface area contributed by atoms with Crippen LogP contribution in [0.2, 0.25) is 0 Å². The van der Waals surface area contributed by atoms with E-state index < -0.39 is 27.1 Å². The van der Waals surface area contributed by atoms with Crippen molar-refractivity contribution in [2.75, 3.05) is 5.32 Å². The Balaban J connectivity index is 2.39. The van der Waals surface area contributed by atoms with Gasteiger partial charge in [0.2, 0.25) is 0 Å². The summed E-state index contributed by atoms with van der Waals surface area (Å²) in [5.74, 6) is -0.698. The number of carbonyl (C=O) groups is 1. The largest absolute Gasteiger partial charge is 0.322 e. The van der Waals surface area contributed by atoms with Crippen molar-refractivity contribution in [2.24, 2.45) is 0 Å². The number of benzene rings is 2. The van der Waals surface area contributed by atoms with Crippen molar-refractivity contribution in [3.8, 4) is 0 Å². The molecule has 2 aromatic carbocycles. The summed E-state index contributed by atoms with van der Waals surface area (Å²) in [5.41, 5.74) is 0.0128. The summed E-state index contributed by atoms with van der Waals surface area (Å²) in [6.07, 6.45) is 0. The third kappa shape index (κ3) is 3.06. The average molecular weight is 301 g/mol. The highest BCUT2D eigenvalue weighted by Gasteiger charge is 2.24. The fourth-order valence-corrected chi connectivity index (χ4v) is 1.88. The number of amides is 1. The summed E-state index contributed by atoms with van der Waals surface area (Å²) in [4.78, 5) is 32.3. The highest BCUT2D eigenvalue weighted by Crippen LogP contribution is 2.26. The minimum atomic E-state index is -0.820. The first-order valence-corrected chi connectivity index (χ1v) is 6.20. The van der Waals surface area contributed by atoms with Crippen molar-refractivity contribution >= 4 is 23.0 Å². The van der Waals surface area contributed by atoms with Crippen LogP contribution >= 0.6 is 0 Å². The quantitative estimate of drug-likeness (QED) is 0.688. The number of rotatable bonds is 4. The smallest absolute Gasteiger partial charge is 0.289 e. The van der Waals surface area contributed by atoms with E-state index in [1.807, 2.05) is 0 Å². The van der Waals surface area contributed by atoms with Gasteiger partial charge in [0.05, 0.1) is 15.9 Å².